The van der Waals surface area contributed by atoms with Crippen LogP contribution in [-0.2, 0) is 83.1 Å². The second-order valence-corrected chi connectivity index (χ2v) is 31.2. The van der Waals surface area contributed by atoms with Gasteiger partial charge in [0.05, 0.1) is 35.8 Å². The number of carboxylic acid groups (broad SMARTS) is 1. The number of benzene rings is 2. The van der Waals surface area contributed by atoms with Crippen LogP contribution in [0.1, 0.15) is 168 Å². The number of aliphatic hydroxyl groups excluding tert-OH is 2. The fourth-order valence-corrected chi connectivity index (χ4v) is 12.2. The minimum Gasteiger partial charge on any atom is -0.480 e. The lowest BCUT2D eigenvalue weighted by Crippen LogP contribution is -2.62. The first kappa shape index (κ1) is 109. The van der Waals surface area contributed by atoms with Gasteiger partial charge in [0.1, 0.15) is 72.5 Å². The summed E-state index contributed by atoms with van der Waals surface area (Å²) in [4.78, 5) is 244. The summed E-state index contributed by atoms with van der Waals surface area (Å²) < 4.78 is 0. The Bertz CT molecular complexity index is 4060. The topological polar surface area (TPSA) is 816 Å². The van der Waals surface area contributed by atoms with Crippen LogP contribution in [-0.4, -0.2) is 257 Å². The fraction of sp³-hybridized carbons (Fsp3) is 0.603. The molecule has 702 valence electrons. The second-order valence-electron chi connectivity index (χ2n) is 31.2. The number of guanidine groups is 2. The predicted octanol–water partition coefficient (Wildman–Crippen LogP) is -7.40. The van der Waals surface area contributed by atoms with E-state index in [-0.39, 0.29) is 119 Å². The number of nitrogens with zero attached hydrogens (tertiary/aromatic N) is 1. The SMILES string of the molecule is CC(C)C[C@H](NC(=O)[C@H](C)NC(=O)[C@@H](N)CCCNC(=N)N)C(=O)N[C@H](C(=O)N[C@@H](CCCCNC(=O)c1ccccc1N)C(=O)N[C@H](C(=O)N[C@@H](CCC(N)=O)C(=O)N[C@@H](Cc1ccc([N+](=O)[O-])cc1)C(=O)N[C@H](C(=O)N[C@@H](CCC(N)=O)C(=O)N[C@@H](CO)C(=O)N[C@@H](CCCCN)C(=O)NCC(=O)N[C@@H](CCCNC(=N)N)C(=O)O)C(C)C)C(C)C)[C@@H](C)O. The molecule has 16 amide bonds. The van der Waals surface area contributed by atoms with Crippen LogP contribution in [0.3, 0.4) is 0 Å². The van der Waals surface area contributed by atoms with E-state index in [1.165, 1.54) is 58.9 Å². The maximum absolute atomic E-state index is 14.9. The van der Waals surface area contributed by atoms with Crippen molar-refractivity contribution in [1.82, 2.24) is 85.1 Å². The Hall–Kier alpha value is -13.0. The Kier molecular flexibility index (Phi) is 49.1. The highest BCUT2D eigenvalue weighted by molar-refractivity contribution is 6.01. The first-order valence-corrected chi connectivity index (χ1v) is 41.2. The molecule has 0 fully saturated rings. The molecule has 2 aromatic rings. The molecular formula is C78H128N26O22. The summed E-state index contributed by atoms with van der Waals surface area (Å²) in [6, 6.07) is -9.95. The van der Waals surface area contributed by atoms with Crippen molar-refractivity contribution in [1.29, 1.82) is 10.8 Å². The molecule has 0 aliphatic rings. The van der Waals surface area contributed by atoms with Crippen LogP contribution in [0.5, 0.6) is 0 Å². The number of unbranched alkanes of at least 4 members (excludes halogenated alkanes) is 2. The highest BCUT2D eigenvalue weighted by atomic mass is 16.6. The molecule has 2 aromatic carbocycles. The van der Waals surface area contributed by atoms with Gasteiger partial charge >= 0.3 is 5.97 Å². The fourth-order valence-electron chi connectivity index (χ4n) is 12.2. The van der Waals surface area contributed by atoms with E-state index >= 15 is 0 Å². The van der Waals surface area contributed by atoms with Gasteiger partial charge in [0, 0.05) is 56.7 Å². The molecule has 35 N–H and O–H groups in total. The number of nitrogens with one attached hydrogen (secondary N) is 18. The monoisotopic (exact) mass is 1780 g/mol. The number of carbonyl (C=O) groups excluding carboxylic acids is 16. The number of hydrogen-bond acceptors (Lipinski definition) is 26. The Labute approximate surface area is 728 Å². The van der Waals surface area contributed by atoms with E-state index in [0.29, 0.717) is 12.8 Å². The number of non-ortho nitro benzene ring substituents is 1. The molecular weight excluding hydrogens is 1650 g/mol. The number of nitrogens with two attached hydrogens (primary N) is 7. The Morgan fingerprint density at radius 2 is 0.865 bits per heavy atom. The van der Waals surface area contributed by atoms with Gasteiger partial charge in [-0.3, -0.25) is 97.6 Å². The number of anilines is 1. The number of carbonyl (C=O) groups is 17. The average Bonchev–Trinajstić information content (AvgIpc) is 0.841. The van der Waals surface area contributed by atoms with Crippen LogP contribution in [0, 0.1) is 38.7 Å². The number of aliphatic hydroxyl groups is 2. The molecule has 0 radical (unpaired) electrons. The van der Waals surface area contributed by atoms with Crippen molar-refractivity contribution in [3.05, 3.63) is 69.8 Å². The van der Waals surface area contributed by atoms with Crippen LogP contribution < -0.4 is 125 Å². The zero-order chi connectivity index (χ0) is 95.2. The van der Waals surface area contributed by atoms with E-state index in [1.807, 2.05) is 0 Å². The van der Waals surface area contributed by atoms with Crippen molar-refractivity contribution in [2.75, 3.05) is 45.1 Å². The highest BCUT2D eigenvalue weighted by Gasteiger charge is 2.39. The Balaban J connectivity index is 2.62. The first-order chi connectivity index (χ1) is 59.2. The third-order valence-corrected chi connectivity index (χ3v) is 19.3. The van der Waals surface area contributed by atoms with Crippen LogP contribution in [0.4, 0.5) is 11.4 Å². The standard InChI is InChI=1S/C78H128N26O22/c1-39(2)35-54(98-63(110)42(7)92-65(112)48(81)19-15-33-89-77(84)85)70(117)103-62(43(8)106)75(122)95-50(21-12-14-32-88-64(111)46-17-9-10-18-47(46)80)69(116)101-60(40(3)4)73(120)96-51(27-29-57(82)107)67(114)99-55(36-44-23-25-45(26-24-44)104(125)126)71(118)102-61(41(5)6)74(121)97-52(28-30-58(83)108)68(115)100-56(38-105)72(119)94-49(20-11-13-31-79)66(113)91-37-59(109)93-53(76(123)124)22-16-34-90-78(86)87/h9-10,17-18,23-26,39-43,48-56,60-62,105-106H,11-16,19-22,27-38,79-81H2,1-8H3,(H2,82,107)(H2,83,108)(H,88,111)(H,91,113)(H,92,112)(H,93,109)(H,94,119)(H,95,122)(H,96,120)(H,97,121)(H,98,110)(H,99,114)(H,100,115)(H,101,116)(H,102,118)(H,103,117)(H,123,124)(H4,84,85,89)(H4,86,87,90)/t42-,43+,48-,49-,50-,51-,52-,53-,54-,55-,56-,60-,61-,62-/m0/s1. The van der Waals surface area contributed by atoms with Crippen LogP contribution in [0.25, 0.3) is 0 Å². The number of amides is 16. The number of hydrogen-bond donors (Lipinski definition) is 28. The van der Waals surface area contributed by atoms with Crippen molar-refractivity contribution in [2.45, 2.75) is 243 Å². The second kappa shape index (κ2) is 56.7. The number of nitro groups is 1. The quantitative estimate of drug-likeness (QED) is 0.00730. The van der Waals surface area contributed by atoms with Crippen molar-refractivity contribution < 1.29 is 102 Å². The van der Waals surface area contributed by atoms with Gasteiger partial charge in [-0.25, -0.2) is 4.79 Å². The lowest BCUT2D eigenvalue weighted by Gasteiger charge is -2.30. The molecule has 2 rings (SSSR count). The molecule has 0 aliphatic heterocycles. The molecule has 48 heteroatoms. The van der Waals surface area contributed by atoms with Crippen molar-refractivity contribution in [2.24, 2.45) is 52.2 Å². The molecule has 0 saturated carbocycles. The minimum atomic E-state index is -1.90. The van der Waals surface area contributed by atoms with Gasteiger partial charge in [0.15, 0.2) is 11.9 Å². The maximum Gasteiger partial charge on any atom is 0.326 e. The number of carboxylic acids is 1. The van der Waals surface area contributed by atoms with Gasteiger partial charge in [0.25, 0.3) is 11.6 Å². The number of primary amides is 2. The van der Waals surface area contributed by atoms with Crippen molar-refractivity contribution in [3.8, 4) is 0 Å². The zero-order valence-electron chi connectivity index (χ0n) is 72.1. The summed E-state index contributed by atoms with van der Waals surface area (Å²) >= 11 is 0. The molecule has 0 aliphatic carbocycles. The van der Waals surface area contributed by atoms with E-state index in [1.54, 1.807) is 26.0 Å². The highest BCUT2D eigenvalue weighted by Crippen LogP contribution is 2.18. The summed E-state index contributed by atoms with van der Waals surface area (Å²) in [7, 11) is 0. The normalized spacial score (nSPS) is 14.4. The third kappa shape index (κ3) is 41.5. The van der Waals surface area contributed by atoms with Gasteiger partial charge in [-0.2, -0.15) is 0 Å². The molecule has 0 aromatic heterocycles. The summed E-state index contributed by atoms with van der Waals surface area (Å²) in [6.07, 6.45) is -3.75. The van der Waals surface area contributed by atoms with E-state index in [9.17, 15) is 107 Å². The van der Waals surface area contributed by atoms with Crippen LogP contribution in [0.2, 0.25) is 0 Å². The molecule has 0 unspecified atom stereocenters. The van der Waals surface area contributed by atoms with Gasteiger partial charge < -0.3 is 141 Å². The molecule has 0 spiro atoms. The summed E-state index contributed by atoms with van der Waals surface area (Å²) in [5, 5.41) is 97.0. The van der Waals surface area contributed by atoms with E-state index in [0.717, 1.165) is 19.1 Å². The maximum atomic E-state index is 14.9. The summed E-state index contributed by atoms with van der Waals surface area (Å²) in [6.45, 7) is 10.3. The lowest BCUT2D eigenvalue weighted by atomic mass is 9.99. The van der Waals surface area contributed by atoms with Crippen molar-refractivity contribution >= 4 is 124 Å². The molecule has 0 saturated heterocycles. The van der Waals surface area contributed by atoms with E-state index in [2.05, 4.69) is 85.1 Å². The molecule has 126 heavy (non-hydrogen) atoms. The van der Waals surface area contributed by atoms with Gasteiger partial charge in [-0.05, 0) is 139 Å². The zero-order valence-corrected chi connectivity index (χ0v) is 72.1. The third-order valence-electron chi connectivity index (χ3n) is 19.3. The average molecular weight is 1780 g/mol. The van der Waals surface area contributed by atoms with E-state index < -0.39 is 253 Å². The number of aliphatic carboxylic acids is 1. The molecule has 14 atom stereocenters. The smallest absolute Gasteiger partial charge is 0.326 e. The molecule has 0 heterocycles. The minimum absolute atomic E-state index is 0.00230. The largest absolute Gasteiger partial charge is 0.480 e. The van der Waals surface area contributed by atoms with Gasteiger partial charge in [-0.15, -0.1) is 0 Å². The molecule has 0 bridgehead atoms. The first-order valence-electron chi connectivity index (χ1n) is 41.2. The summed E-state index contributed by atoms with van der Waals surface area (Å²) in [5.74, 6) is -20.3. The number of rotatable bonds is 60. The predicted molar refractivity (Wildman–Crippen MR) is 457 cm³/mol. The van der Waals surface area contributed by atoms with Crippen LogP contribution >= 0.6 is 0 Å². The molecule has 48 nitrogen and oxygen atoms in total. The number of para-hydroxylation sites is 1. The Morgan fingerprint density at radius 3 is 1.34 bits per heavy atom. The van der Waals surface area contributed by atoms with Crippen molar-refractivity contribution in [3.63, 3.8) is 0 Å². The van der Waals surface area contributed by atoms with Crippen LogP contribution in [0.15, 0.2) is 48.5 Å². The van der Waals surface area contributed by atoms with Gasteiger partial charge in [-0.1, -0.05) is 65.8 Å². The Morgan fingerprint density at radius 1 is 0.444 bits per heavy atom. The van der Waals surface area contributed by atoms with E-state index in [4.69, 9.17) is 51.0 Å². The summed E-state index contributed by atoms with van der Waals surface area (Å²) in [5.41, 5.74) is 39.4. The lowest BCUT2D eigenvalue weighted by molar-refractivity contribution is -0.384. The number of nitro benzene ring substituents is 1. The van der Waals surface area contributed by atoms with Gasteiger partial charge in [0.2, 0.25) is 88.6 Å². The number of nitrogen functional groups attached to an aromatic ring is 1.